The number of fused-ring (bicyclic) bond motifs is 1. The first kappa shape index (κ1) is 14.7. The highest BCUT2D eigenvalue weighted by Gasteiger charge is 2.13. The van der Waals surface area contributed by atoms with Gasteiger partial charge in [0.2, 0.25) is 0 Å². The Bertz CT molecular complexity index is 781. The second-order valence-corrected chi connectivity index (χ2v) is 6.21. The van der Waals surface area contributed by atoms with Gasteiger partial charge in [0.15, 0.2) is 0 Å². The molecular weight excluding hydrogens is 270 g/mol. The number of hydrogen-bond acceptors (Lipinski definition) is 1. The number of rotatable bonds is 4. The lowest BCUT2D eigenvalue weighted by Gasteiger charge is -2.16. The third-order valence-corrected chi connectivity index (χ3v) is 4.07. The van der Waals surface area contributed by atoms with Gasteiger partial charge in [0.25, 0.3) is 0 Å². The Labute approximate surface area is 132 Å². The van der Waals surface area contributed by atoms with Crippen molar-refractivity contribution in [1.29, 1.82) is 0 Å². The van der Waals surface area contributed by atoms with Gasteiger partial charge in [-0.1, -0.05) is 35.9 Å². The van der Waals surface area contributed by atoms with Gasteiger partial charge in [0.05, 0.1) is 11.2 Å². The van der Waals surface area contributed by atoms with E-state index in [1.165, 1.54) is 27.7 Å². The molecule has 2 nitrogen and oxygen atoms in total. The normalized spacial score (nSPS) is 11.3. The van der Waals surface area contributed by atoms with E-state index in [1.807, 2.05) is 12.1 Å². The molecule has 22 heavy (non-hydrogen) atoms. The number of ether oxygens (including phenoxy) is 1. The Morgan fingerprint density at radius 1 is 1.00 bits per heavy atom. The Balaban J connectivity index is 1.94. The Hall–Kier alpha value is -2.22. The minimum absolute atomic E-state index is 0.412. The fourth-order valence-corrected chi connectivity index (χ4v) is 3.01. The van der Waals surface area contributed by atoms with E-state index in [0.717, 1.165) is 5.75 Å². The molecule has 0 fully saturated rings. The summed E-state index contributed by atoms with van der Waals surface area (Å²) in [6.45, 7) is 9.30. The van der Waals surface area contributed by atoms with Gasteiger partial charge in [-0.3, -0.25) is 0 Å². The molecule has 1 aromatic heterocycles. The lowest BCUT2D eigenvalue weighted by molar-refractivity contribution is 0.293. The number of para-hydroxylation sites is 1. The topological polar surface area (TPSA) is 14.2 Å². The Morgan fingerprint density at radius 2 is 1.73 bits per heavy atom. The number of nitrogens with zero attached hydrogens (tertiary/aromatic N) is 1. The number of benzene rings is 2. The van der Waals surface area contributed by atoms with E-state index in [9.17, 15) is 0 Å². The van der Waals surface area contributed by atoms with Gasteiger partial charge in [0.1, 0.15) is 12.4 Å². The van der Waals surface area contributed by atoms with Crippen molar-refractivity contribution in [2.75, 3.05) is 0 Å². The number of aromatic nitrogens is 1. The zero-order valence-corrected chi connectivity index (χ0v) is 13.8. The van der Waals surface area contributed by atoms with E-state index in [0.29, 0.717) is 12.6 Å². The third-order valence-electron chi connectivity index (χ3n) is 4.07. The molecule has 2 aromatic carbocycles. The maximum absolute atomic E-state index is 5.99. The van der Waals surface area contributed by atoms with Gasteiger partial charge in [-0.25, -0.2) is 0 Å². The SMILES string of the molecule is Cc1ccc(OCc2cc3cccc(C)c3n2C(C)C)cc1. The summed E-state index contributed by atoms with van der Waals surface area (Å²) in [7, 11) is 0. The molecule has 0 spiro atoms. The maximum Gasteiger partial charge on any atom is 0.128 e. The van der Waals surface area contributed by atoms with E-state index < -0.39 is 0 Å². The van der Waals surface area contributed by atoms with Crippen molar-refractivity contribution in [3.63, 3.8) is 0 Å². The van der Waals surface area contributed by atoms with Crippen LogP contribution in [0.4, 0.5) is 0 Å². The van der Waals surface area contributed by atoms with Crippen LogP contribution in [0, 0.1) is 13.8 Å². The predicted molar refractivity (Wildman–Crippen MR) is 92.6 cm³/mol. The van der Waals surface area contributed by atoms with Crippen LogP contribution < -0.4 is 4.74 Å². The van der Waals surface area contributed by atoms with Crippen LogP contribution in [0.3, 0.4) is 0 Å². The highest BCUT2D eigenvalue weighted by molar-refractivity contribution is 5.84. The lowest BCUT2D eigenvalue weighted by Crippen LogP contribution is -2.08. The first-order valence-corrected chi connectivity index (χ1v) is 7.85. The Morgan fingerprint density at radius 3 is 2.41 bits per heavy atom. The average molecular weight is 293 g/mol. The fourth-order valence-electron chi connectivity index (χ4n) is 3.01. The summed E-state index contributed by atoms with van der Waals surface area (Å²) >= 11 is 0. The smallest absolute Gasteiger partial charge is 0.128 e. The molecule has 3 rings (SSSR count). The minimum Gasteiger partial charge on any atom is -0.487 e. The molecule has 0 bridgehead atoms. The summed E-state index contributed by atoms with van der Waals surface area (Å²) in [5.41, 5.74) is 5.10. The second kappa shape index (κ2) is 5.88. The molecule has 114 valence electrons. The van der Waals surface area contributed by atoms with Crippen LogP contribution in [-0.4, -0.2) is 4.57 Å². The minimum atomic E-state index is 0.412. The maximum atomic E-state index is 5.99. The monoisotopic (exact) mass is 293 g/mol. The van der Waals surface area contributed by atoms with Crippen LogP contribution >= 0.6 is 0 Å². The fraction of sp³-hybridized carbons (Fsp3) is 0.300. The van der Waals surface area contributed by atoms with Crippen molar-refractivity contribution in [1.82, 2.24) is 4.57 Å². The molecule has 1 heterocycles. The number of aryl methyl sites for hydroxylation is 2. The summed E-state index contributed by atoms with van der Waals surface area (Å²) in [6.07, 6.45) is 0. The molecule has 0 radical (unpaired) electrons. The zero-order valence-electron chi connectivity index (χ0n) is 13.8. The summed E-state index contributed by atoms with van der Waals surface area (Å²) < 4.78 is 8.37. The van der Waals surface area contributed by atoms with Crippen LogP contribution in [0.1, 0.15) is 36.7 Å². The van der Waals surface area contributed by atoms with E-state index in [4.69, 9.17) is 4.74 Å². The van der Waals surface area contributed by atoms with Gasteiger partial charge >= 0.3 is 0 Å². The summed E-state index contributed by atoms with van der Waals surface area (Å²) in [6, 6.07) is 17.3. The van der Waals surface area contributed by atoms with E-state index in [1.54, 1.807) is 0 Å². The van der Waals surface area contributed by atoms with Crippen LogP contribution in [0.5, 0.6) is 5.75 Å². The van der Waals surface area contributed by atoms with Gasteiger partial charge in [-0.15, -0.1) is 0 Å². The molecule has 0 saturated heterocycles. The van der Waals surface area contributed by atoms with Crippen molar-refractivity contribution in [2.45, 2.75) is 40.3 Å². The molecule has 0 unspecified atom stereocenters. The van der Waals surface area contributed by atoms with Crippen molar-refractivity contribution in [3.05, 3.63) is 65.4 Å². The number of hydrogen-bond donors (Lipinski definition) is 0. The lowest BCUT2D eigenvalue weighted by atomic mass is 10.1. The molecule has 0 aliphatic carbocycles. The zero-order chi connectivity index (χ0) is 15.7. The molecule has 0 aliphatic heterocycles. The first-order chi connectivity index (χ1) is 10.6. The van der Waals surface area contributed by atoms with Gasteiger partial charge in [0, 0.05) is 11.4 Å². The largest absolute Gasteiger partial charge is 0.487 e. The average Bonchev–Trinajstić information content (AvgIpc) is 2.87. The predicted octanol–water partition coefficient (Wildman–Crippen LogP) is 5.42. The van der Waals surface area contributed by atoms with Crippen LogP contribution in [0.25, 0.3) is 10.9 Å². The summed E-state index contributed by atoms with van der Waals surface area (Å²) in [5.74, 6) is 0.919. The summed E-state index contributed by atoms with van der Waals surface area (Å²) in [4.78, 5) is 0. The molecule has 0 aliphatic rings. The van der Waals surface area contributed by atoms with Gasteiger partial charge in [-0.05, 0) is 51.5 Å². The molecule has 0 atom stereocenters. The van der Waals surface area contributed by atoms with Crippen molar-refractivity contribution in [3.8, 4) is 5.75 Å². The summed E-state index contributed by atoms with van der Waals surface area (Å²) in [5, 5.41) is 1.29. The highest BCUT2D eigenvalue weighted by Crippen LogP contribution is 2.27. The molecule has 0 amide bonds. The van der Waals surface area contributed by atoms with E-state index in [2.05, 4.69) is 68.7 Å². The Kier molecular flexibility index (Phi) is 3.93. The van der Waals surface area contributed by atoms with Crippen molar-refractivity contribution >= 4 is 10.9 Å². The third kappa shape index (κ3) is 2.74. The van der Waals surface area contributed by atoms with E-state index in [-0.39, 0.29) is 0 Å². The highest BCUT2D eigenvalue weighted by atomic mass is 16.5. The van der Waals surface area contributed by atoms with Crippen molar-refractivity contribution in [2.24, 2.45) is 0 Å². The van der Waals surface area contributed by atoms with Crippen LogP contribution in [0.2, 0.25) is 0 Å². The molecule has 2 heteroatoms. The van der Waals surface area contributed by atoms with Gasteiger partial charge < -0.3 is 9.30 Å². The van der Waals surface area contributed by atoms with Crippen molar-refractivity contribution < 1.29 is 4.74 Å². The first-order valence-electron chi connectivity index (χ1n) is 7.85. The quantitative estimate of drug-likeness (QED) is 0.626. The van der Waals surface area contributed by atoms with Gasteiger partial charge in [-0.2, -0.15) is 0 Å². The second-order valence-electron chi connectivity index (χ2n) is 6.21. The molecule has 0 N–H and O–H groups in total. The van der Waals surface area contributed by atoms with Crippen LogP contribution in [-0.2, 0) is 6.61 Å². The molecule has 0 saturated carbocycles. The van der Waals surface area contributed by atoms with E-state index >= 15 is 0 Å². The molecular formula is C20H23NO. The molecule has 3 aromatic rings. The van der Waals surface area contributed by atoms with Crippen LogP contribution in [0.15, 0.2) is 48.5 Å². The standard InChI is InChI=1S/C20H23NO/c1-14(2)21-18(12-17-7-5-6-16(4)20(17)21)13-22-19-10-8-15(3)9-11-19/h5-12,14H,13H2,1-4H3.